The summed E-state index contributed by atoms with van der Waals surface area (Å²) in [5.74, 6) is 1.02. The molecule has 0 aliphatic heterocycles. The van der Waals surface area contributed by atoms with Gasteiger partial charge in [-0.15, -0.1) is 0 Å². The summed E-state index contributed by atoms with van der Waals surface area (Å²) >= 11 is 0. The summed E-state index contributed by atoms with van der Waals surface area (Å²) in [6.07, 6.45) is 4.56. The van der Waals surface area contributed by atoms with Crippen LogP contribution < -0.4 is 5.32 Å². The highest BCUT2D eigenvalue weighted by molar-refractivity contribution is 5.78. The lowest BCUT2D eigenvalue weighted by Crippen LogP contribution is -2.43. The Kier molecular flexibility index (Phi) is 5.80. The van der Waals surface area contributed by atoms with Crippen molar-refractivity contribution in [3.05, 3.63) is 35.4 Å². The summed E-state index contributed by atoms with van der Waals surface area (Å²) in [6.45, 7) is 5.72. The molecule has 21 heavy (non-hydrogen) atoms. The molecule has 1 atom stereocenters. The molecule has 0 heterocycles. The minimum absolute atomic E-state index is 0.203. The summed E-state index contributed by atoms with van der Waals surface area (Å²) in [4.78, 5) is 14.2. The average molecular weight is 288 g/mol. The summed E-state index contributed by atoms with van der Waals surface area (Å²) in [7, 11) is 1.93. The van der Waals surface area contributed by atoms with Crippen LogP contribution in [0.2, 0.25) is 0 Å². The number of carbonyl (C=O) groups excluding carboxylic acids is 1. The van der Waals surface area contributed by atoms with Crippen molar-refractivity contribution >= 4 is 5.91 Å². The van der Waals surface area contributed by atoms with Gasteiger partial charge in [0.2, 0.25) is 5.91 Å². The van der Waals surface area contributed by atoms with Gasteiger partial charge in [0, 0.05) is 13.1 Å². The summed E-state index contributed by atoms with van der Waals surface area (Å²) < 4.78 is 0. The molecule has 1 unspecified atom stereocenters. The van der Waals surface area contributed by atoms with Gasteiger partial charge in [-0.25, -0.2) is 0 Å². The van der Waals surface area contributed by atoms with Crippen molar-refractivity contribution < 1.29 is 4.79 Å². The Bertz CT molecular complexity index is 451. The van der Waals surface area contributed by atoms with E-state index in [1.165, 1.54) is 24.0 Å². The molecule has 2 rings (SSSR count). The van der Waals surface area contributed by atoms with E-state index in [1.807, 2.05) is 11.9 Å². The van der Waals surface area contributed by atoms with Gasteiger partial charge in [-0.3, -0.25) is 4.79 Å². The number of aryl methyl sites for hydroxylation is 1. The first-order chi connectivity index (χ1) is 10.1. The molecule has 0 spiro atoms. The molecule has 0 radical (unpaired) electrons. The molecule has 1 aromatic carbocycles. The standard InChI is InChI=1S/C18H28N2O/c1-4-17(11-15-7-5-14(2)6-8-15)20(3)18(21)13-19-12-16-9-10-16/h5-8,16-17,19H,4,9-13H2,1-3H3. The lowest BCUT2D eigenvalue weighted by molar-refractivity contribution is -0.131. The smallest absolute Gasteiger partial charge is 0.236 e. The lowest BCUT2D eigenvalue weighted by Gasteiger charge is -2.28. The molecule has 0 bridgehead atoms. The van der Waals surface area contributed by atoms with Crippen molar-refractivity contribution in [3.63, 3.8) is 0 Å². The van der Waals surface area contributed by atoms with Gasteiger partial charge in [0.15, 0.2) is 0 Å². The Morgan fingerprint density at radius 3 is 2.57 bits per heavy atom. The van der Waals surface area contributed by atoms with E-state index in [1.54, 1.807) is 0 Å². The van der Waals surface area contributed by atoms with Gasteiger partial charge in [0.05, 0.1) is 6.54 Å². The van der Waals surface area contributed by atoms with Crippen molar-refractivity contribution in [3.8, 4) is 0 Å². The molecule has 3 nitrogen and oxygen atoms in total. The van der Waals surface area contributed by atoms with Crippen molar-refractivity contribution in [2.24, 2.45) is 5.92 Å². The minimum Gasteiger partial charge on any atom is -0.341 e. The summed E-state index contributed by atoms with van der Waals surface area (Å²) in [5.41, 5.74) is 2.58. The Morgan fingerprint density at radius 1 is 1.33 bits per heavy atom. The van der Waals surface area contributed by atoms with Gasteiger partial charge >= 0.3 is 0 Å². The third kappa shape index (κ3) is 5.16. The number of benzene rings is 1. The Balaban J connectivity index is 1.82. The van der Waals surface area contributed by atoms with E-state index >= 15 is 0 Å². The second kappa shape index (κ2) is 7.60. The molecular formula is C18H28N2O. The van der Waals surface area contributed by atoms with Gasteiger partial charge in [-0.05, 0) is 50.6 Å². The van der Waals surface area contributed by atoms with E-state index in [0.29, 0.717) is 6.54 Å². The lowest BCUT2D eigenvalue weighted by atomic mass is 10.0. The van der Waals surface area contributed by atoms with Gasteiger partial charge in [0.25, 0.3) is 0 Å². The molecule has 1 aliphatic rings. The highest BCUT2D eigenvalue weighted by Crippen LogP contribution is 2.27. The average Bonchev–Trinajstić information content (AvgIpc) is 3.30. The number of nitrogens with zero attached hydrogens (tertiary/aromatic N) is 1. The predicted octanol–water partition coefficient (Wildman–Crippen LogP) is 2.77. The molecule has 1 aromatic rings. The highest BCUT2D eigenvalue weighted by Gasteiger charge is 2.22. The van der Waals surface area contributed by atoms with Crippen LogP contribution in [-0.2, 0) is 11.2 Å². The van der Waals surface area contributed by atoms with Crippen LogP contribution in [0.1, 0.15) is 37.3 Å². The predicted molar refractivity (Wildman–Crippen MR) is 87.3 cm³/mol. The second-order valence-corrected chi connectivity index (χ2v) is 6.33. The Morgan fingerprint density at radius 2 is 2.00 bits per heavy atom. The number of rotatable bonds is 8. The van der Waals surface area contributed by atoms with Gasteiger partial charge < -0.3 is 10.2 Å². The molecule has 1 amide bonds. The number of nitrogens with one attached hydrogen (secondary N) is 1. The third-order valence-corrected chi connectivity index (χ3v) is 4.41. The van der Waals surface area contributed by atoms with Crippen LogP contribution in [0.5, 0.6) is 0 Å². The molecule has 0 saturated heterocycles. The Hall–Kier alpha value is -1.35. The number of hydrogen-bond donors (Lipinski definition) is 1. The quantitative estimate of drug-likeness (QED) is 0.798. The van der Waals surface area contributed by atoms with Crippen molar-refractivity contribution in [1.29, 1.82) is 0 Å². The zero-order chi connectivity index (χ0) is 15.2. The minimum atomic E-state index is 0.203. The number of likely N-dealkylation sites (N-methyl/N-ethyl adjacent to an activating group) is 1. The molecule has 0 aromatic heterocycles. The van der Waals surface area contributed by atoms with Crippen LogP contribution in [0.3, 0.4) is 0 Å². The molecule has 1 aliphatic carbocycles. The SMILES string of the molecule is CCC(Cc1ccc(C)cc1)N(C)C(=O)CNCC1CC1. The van der Waals surface area contributed by atoms with E-state index in [-0.39, 0.29) is 11.9 Å². The topological polar surface area (TPSA) is 32.3 Å². The molecular weight excluding hydrogens is 260 g/mol. The van der Waals surface area contributed by atoms with E-state index < -0.39 is 0 Å². The number of carbonyl (C=O) groups is 1. The molecule has 1 N–H and O–H groups in total. The van der Waals surface area contributed by atoms with E-state index in [4.69, 9.17) is 0 Å². The number of hydrogen-bond acceptors (Lipinski definition) is 2. The largest absolute Gasteiger partial charge is 0.341 e. The van der Waals surface area contributed by atoms with Crippen LogP contribution in [-0.4, -0.2) is 37.0 Å². The van der Waals surface area contributed by atoms with Crippen LogP contribution in [0.15, 0.2) is 24.3 Å². The van der Waals surface area contributed by atoms with E-state index in [2.05, 4.69) is 43.4 Å². The second-order valence-electron chi connectivity index (χ2n) is 6.33. The molecule has 116 valence electrons. The van der Waals surface area contributed by atoms with Gasteiger partial charge in [-0.1, -0.05) is 36.8 Å². The monoisotopic (exact) mass is 288 g/mol. The van der Waals surface area contributed by atoms with Crippen LogP contribution in [0.25, 0.3) is 0 Å². The first-order valence-electron chi connectivity index (χ1n) is 8.12. The Labute approximate surface area is 128 Å². The summed E-state index contributed by atoms with van der Waals surface area (Å²) in [6, 6.07) is 8.90. The normalized spacial score (nSPS) is 15.8. The van der Waals surface area contributed by atoms with E-state index in [0.717, 1.165) is 25.3 Å². The summed E-state index contributed by atoms with van der Waals surface area (Å²) in [5, 5.41) is 3.29. The zero-order valence-corrected chi connectivity index (χ0v) is 13.6. The molecule has 1 fully saturated rings. The van der Waals surface area contributed by atoms with Crippen LogP contribution >= 0.6 is 0 Å². The van der Waals surface area contributed by atoms with Crippen molar-refractivity contribution in [2.45, 2.75) is 45.6 Å². The number of amides is 1. The van der Waals surface area contributed by atoms with E-state index in [9.17, 15) is 4.79 Å². The highest BCUT2D eigenvalue weighted by atomic mass is 16.2. The van der Waals surface area contributed by atoms with Crippen LogP contribution in [0.4, 0.5) is 0 Å². The first kappa shape index (κ1) is 16.0. The fourth-order valence-corrected chi connectivity index (χ4v) is 2.58. The first-order valence-corrected chi connectivity index (χ1v) is 8.12. The maximum atomic E-state index is 12.3. The van der Waals surface area contributed by atoms with Crippen molar-refractivity contribution in [1.82, 2.24) is 10.2 Å². The third-order valence-electron chi connectivity index (χ3n) is 4.41. The van der Waals surface area contributed by atoms with Gasteiger partial charge in [0.1, 0.15) is 0 Å². The zero-order valence-electron chi connectivity index (χ0n) is 13.6. The molecule has 1 saturated carbocycles. The maximum absolute atomic E-state index is 12.3. The molecule has 3 heteroatoms. The maximum Gasteiger partial charge on any atom is 0.236 e. The van der Waals surface area contributed by atoms with Gasteiger partial charge in [-0.2, -0.15) is 0 Å². The fraction of sp³-hybridized carbons (Fsp3) is 0.611. The van der Waals surface area contributed by atoms with Crippen molar-refractivity contribution in [2.75, 3.05) is 20.1 Å². The fourth-order valence-electron chi connectivity index (χ4n) is 2.58. The van der Waals surface area contributed by atoms with Crippen LogP contribution in [0, 0.1) is 12.8 Å².